The van der Waals surface area contributed by atoms with E-state index in [2.05, 4.69) is 156 Å². The third-order valence-electron chi connectivity index (χ3n) is 9.14. The summed E-state index contributed by atoms with van der Waals surface area (Å²) in [5.41, 5.74) is 16.4. The van der Waals surface area contributed by atoms with Gasteiger partial charge in [0.25, 0.3) is 0 Å². The van der Waals surface area contributed by atoms with Crippen LogP contribution in [0.15, 0.2) is 140 Å². The van der Waals surface area contributed by atoms with Gasteiger partial charge >= 0.3 is 0 Å². The molecule has 40 heavy (non-hydrogen) atoms. The summed E-state index contributed by atoms with van der Waals surface area (Å²) < 4.78 is 0. The van der Waals surface area contributed by atoms with Crippen LogP contribution >= 0.6 is 0 Å². The van der Waals surface area contributed by atoms with Crippen molar-refractivity contribution in [1.82, 2.24) is 0 Å². The van der Waals surface area contributed by atoms with Crippen molar-refractivity contribution in [2.75, 3.05) is 9.80 Å². The predicted octanol–water partition coefficient (Wildman–Crippen LogP) is 10.3. The molecule has 1 atom stereocenters. The molecule has 0 N–H and O–H groups in total. The van der Waals surface area contributed by atoms with Crippen LogP contribution in [0, 0.1) is 0 Å². The van der Waals surface area contributed by atoms with Gasteiger partial charge in [0.2, 0.25) is 0 Å². The number of rotatable bonds is 2. The number of nitrogens with zero attached hydrogens (tertiary/aromatic N) is 2. The molecule has 0 radical (unpaired) electrons. The summed E-state index contributed by atoms with van der Waals surface area (Å²) in [6.45, 7) is 2.43. The smallest absolute Gasteiger partial charge is 0.0754 e. The molecular weight excluding hydrogens is 484 g/mol. The van der Waals surface area contributed by atoms with E-state index in [4.69, 9.17) is 0 Å². The van der Waals surface area contributed by atoms with Gasteiger partial charge in [0.1, 0.15) is 0 Å². The molecule has 6 aromatic rings. The van der Waals surface area contributed by atoms with Gasteiger partial charge in [-0.1, -0.05) is 103 Å². The fraction of sp³-hybridized carbons (Fsp3) is 0.0526. The quantitative estimate of drug-likeness (QED) is 0.228. The molecule has 2 nitrogen and oxygen atoms in total. The lowest BCUT2D eigenvalue weighted by Crippen LogP contribution is -2.35. The van der Waals surface area contributed by atoms with E-state index in [1.54, 1.807) is 0 Å². The van der Waals surface area contributed by atoms with Crippen molar-refractivity contribution in [2.45, 2.75) is 12.3 Å². The third-order valence-corrected chi connectivity index (χ3v) is 9.14. The first-order chi connectivity index (χ1) is 19.7. The molecule has 2 heteroatoms. The predicted molar refractivity (Wildman–Crippen MR) is 166 cm³/mol. The first-order valence-electron chi connectivity index (χ1n) is 14.0. The van der Waals surface area contributed by atoms with Gasteiger partial charge < -0.3 is 9.80 Å². The minimum Gasteiger partial charge on any atom is -0.306 e. The van der Waals surface area contributed by atoms with Crippen LogP contribution in [-0.2, 0) is 5.41 Å². The van der Waals surface area contributed by atoms with Crippen LogP contribution in [0.1, 0.15) is 23.6 Å². The number of para-hydroxylation sites is 2. The zero-order valence-electron chi connectivity index (χ0n) is 22.2. The van der Waals surface area contributed by atoms with Gasteiger partial charge in [-0.3, -0.25) is 0 Å². The lowest BCUT2D eigenvalue weighted by Gasteiger charge is -2.48. The zero-order valence-corrected chi connectivity index (χ0v) is 22.2. The van der Waals surface area contributed by atoms with Crippen molar-refractivity contribution in [1.29, 1.82) is 0 Å². The average Bonchev–Trinajstić information content (AvgIpc) is 3.30. The van der Waals surface area contributed by atoms with E-state index in [-0.39, 0.29) is 5.41 Å². The summed E-state index contributed by atoms with van der Waals surface area (Å²) in [4.78, 5) is 4.99. The van der Waals surface area contributed by atoms with Gasteiger partial charge in [-0.25, -0.2) is 0 Å². The molecule has 2 heterocycles. The molecule has 9 rings (SSSR count). The Morgan fingerprint density at radius 2 is 1.12 bits per heavy atom. The van der Waals surface area contributed by atoms with E-state index in [0.29, 0.717) is 0 Å². The fourth-order valence-electron chi connectivity index (χ4n) is 7.43. The van der Waals surface area contributed by atoms with Crippen molar-refractivity contribution < 1.29 is 0 Å². The molecule has 0 aromatic heterocycles. The minimum atomic E-state index is -0.228. The second-order valence-electron chi connectivity index (χ2n) is 11.1. The van der Waals surface area contributed by atoms with Crippen LogP contribution in [0.5, 0.6) is 0 Å². The highest BCUT2D eigenvalue weighted by atomic mass is 15.3. The Kier molecular flexibility index (Phi) is 4.22. The molecule has 0 saturated heterocycles. The molecule has 0 fully saturated rings. The van der Waals surface area contributed by atoms with E-state index in [9.17, 15) is 0 Å². The van der Waals surface area contributed by atoms with Gasteiger partial charge in [0.05, 0.1) is 28.4 Å². The largest absolute Gasteiger partial charge is 0.306 e. The van der Waals surface area contributed by atoms with Gasteiger partial charge in [-0.05, 0) is 76.7 Å². The van der Waals surface area contributed by atoms with Crippen molar-refractivity contribution in [3.8, 4) is 22.3 Å². The van der Waals surface area contributed by atoms with Crippen molar-refractivity contribution >= 4 is 34.1 Å². The highest BCUT2D eigenvalue weighted by Gasteiger charge is 2.51. The van der Waals surface area contributed by atoms with Crippen LogP contribution in [0.2, 0.25) is 0 Å². The Labute approximate surface area is 234 Å². The molecule has 6 aromatic carbocycles. The number of hydrogen-bond acceptors (Lipinski definition) is 2. The molecule has 1 unspecified atom stereocenters. The van der Waals surface area contributed by atoms with Crippen molar-refractivity contribution in [3.05, 3.63) is 156 Å². The first-order valence-corrected chi connectivity index (χ1v) is 14.0. The van der Waals surface area contributed by atoms with Gasteiger partial charge in [0.15, 0.2) is 0 Å². The van der Waals surface area contributed by atoms with Crippen molar-refractivity contribution in [2.24, 2.45) is 0 Å². The standard InChI is InChI=1S/C38H26N2/c1-38-30-17-9-8-16-28(30)29-21-23-34-37(36(29)38)40(32-19-11-10-18-31(32)38)33-22-20-26(25-12-4-2-5-13-25)24-35(33)39(34)27-14-6-3-7-15-27/h2-24H,1H3. The monoisotopic (exact) mass is 510 g/mol. The summed E-state index contributed by atoms with van der Waals surface area (Å²) in [6, 6.07) is 51.1. The van der Waals surface area contributed by atoms with Crippen LogP contribution in [0.4, 0.5) is 34.1 Å². The fourth-order valence-corrected chi connectivity index (χ4v) is 7.43. The van der Waals surface area contributed by atoms with Crippen LogP contribution in [0.25, 0.3) is 22.3 Å². The molecule has 0 amide bonds. The van der Waals surface area contributed by atoms with E-state index >= 15 is 0 Å². The summed E-state index contributed by atoms with van der Waals surface area (Å²) in [5.74, 6) is 0. The van der Waals surface area contributed by atoms with Crippen LogP contribution in [-0.4, -0.2) is 0 Å². The van der Waals surface area contributed by atoms with Gasteiger partial charge in [0, 0.05) is 16.7 Å². The van der Waals surface area contributed by atoms with E-state index in [1.807, 2.05) is 0 Å². The lowest BCUT2D eigenvalue weighted by atomic mass is 9.70. The lowest BCUT2D eigenvalue weighted by molar-refractivity contribution is 0.701. The molecular formula is C38H26N2. The van der Waals surface area contributed by atoms with E-state index in [0.717, 1.165) is 0 Å². The highest BCUT2D eigenvalue weighted by Crippen LogP contribution is 2.67. The maximum atomic E-state index is 2.53. The summed E-state index contributed by atoms with van der Waals surface area (Å²) in [6.07, 6.45) is 0. The number of fused-ring (bicyclic) bond motifs is 8. The molecule has 188 valence electrons. The summed E-state index contributed by atoms with van der Waals surface area (Å²) in [7, 11) is 0. The SMILES string of the molecule is CC12c3ccccc3-c3ccc4c(c31)N(c1ccc(-c3ccccc3)cc1N4c1ccccc1)c1ccccc12. The second-order valence-corrected chi connectivity index (χ2v) is 11.1. The number of anilines is 6. The molecule has 2 aliphatic heterocycles. The maximum Gasteiger partial charge on any atom is 0.0754 e. The Morgan fingerprint density at radius 1 is 0.450 bits per heavy atom. The van der Waals surface area contributed by atoms with Crippen LogP contribution < -0.4 is 9.80 Å². The molecule has 0 bridgehead atoms. The Bertz CT molecular complexity index is 1980. The Balaban J connectivity index is 1.41. The highest BCUT2D eigenvalue weighted by molar-refractivity contribution is 6.09. The zero-order chi connectivity index (χ0) is 26.4. The topological polar surface area (TPSA) is 6.48 Å². The normalized spacial score (nSPS) is 17.1. The van der Waals surface area contributed by atoms with Gasteiger partial charge in [-0.2, -0.15) is 0 Å². The van der Waals surface area contributed by atoms with Crippen molar-refractivity contribution in [3.63, 3.8) is 0 Å². The third kappa shape index (κ3) is 2.63. The Morgan fingerprint density at radius 3 is 1.95 bits per heavy atom. The second kappa shape index (κ2) is 7.74. The molecule has 1 aliphatic carbocycles. The average molecular weight is 511 g/mol. The maximum absolute atomic E-state index is 2.53. The van der Waals surface area contributed by atoms with E-state index < -0.39 is 0 Å². The molecule has 3 aliphatic rings. The summed E-state index contributed by atoms with van der Waals surface area (Å²) in [5, 5.41) is 0. The first kappa shape index (κ1) is 21.8. The number of hydrogen-bond donors (Lipinski definition) is 0. The summed E-state index contributed by atoms with van der Waals surface area (Å²) >= 11 is 0. The van der Waals surface area contributed by atoms with Crippen LogP contribution in [0.3, 0.4) is 0 Å². The molecule has 0 spiro atoms. The van der Waals surface area contributed by atoms with E-state index in [1.165, 1.54) is 73.1 Å². The van der Waals surface area contributed by atoms with Gasteiger partial charge in [-0.15, -0.1) is 0 Å². The molecule has 0 saturated carbocycles. The Hall–Kier alpha value is -5.08. The number of benzene rings is 6. The minimum absolute atomic E-state index is 0.228.